The molecule has 0 radical (unpaired) electrons. The average Bonchev–Trinajstić information content (AvgIpc) is 2.63. The molecule has 9 heteroatoms. The summed E-state index contributed by atoms with van der Waals surface area (Å²) in [5, 5.41) is 26.9. The number of ether oxygens (including phenoxy) is 1. The van der Waals surface area contributed by atoms with Crippen LogP contribution in [-0.4, -0.2) is 40.0 Å². The van der Waals surface area contributed by atoms with Gasteiger partial charge in [0.25, 0.3) is 0 Å². The molecule has 1 aromatic rings. The van der Waals surface area contributed by atoms with Crippen LogP contribution < -0.4 is 0 Å². The lowest BCUT2D eigenvalue weighted by Gasteiger charge is -2.27. The van der Waals surface area contributed by atoms with Crippen molar-refractivity contribution in [3.8, 4) is 0 Å². The first kappa shape index (κ1) is 21.5. The van der Waals surface area contributed by atoms with E-state index in [0.29, 0.717) is 6.42 Å². The highest BCUT2D eigenvalue weighted by Gasteiger charge is 2.44. The standard InChI is InChI=1S/C10H9F3O.C9H10O5/c11-10(12,13)9-8-4-2-1-3-7(8)5-6-14-9;1-9(8(13)14)4-5(7(11)12)2-3-6(9)10/h1-4,9H,5-6H2;2-3,10H,4H2,1H3,(H,11,12)(H,13,14). The molecule has 1 heterocycles. The number of benzene rings is 1. The van der Waals surface area contributed by atoms with Crippen molar-refractivity contribution in [1.82, 2.24) is 0 Å². The number of hydrogen-bond acceptors (Lipinski definition) is 4. The third-order valence-corrected chi connectivity index (χ3v) is 4.59. The third kappa shape index (κ3) is 4.53. The molecule has 0 saturated heterocycles. The molecule has 2 unspecified atom stereocenters. The molecule has 1 aliphatic carbocycles. The lowest BCUT2D eigenvalue weighted by Crippen LogP contribution is -2.33. The number of halogens is 3. The van der Waals surface area contributed by atoms with Crippen molar-refractivity contribution in [1.29, 1.82) is 0 Å². The van der Waals surface area contributed by atoms with Crippen molar-refractivity contribution in [2.45, 2.75) is 32.0 Å². The second-order valence-corrected chi connectivity index (χ2v) is 6.60. The van der Waals surface area contributed by atoms with Gasteiger partial charge >= 0.3 is 18.1 Å². The minimum absolute atomic E-state index is 0.0206. The summed E-state index contributed by atoms with van der Waals surface area (Å²) in [6.07, 6.45) is -3.38. The van der Waals surface area contributed by atoms with Gasteiger partial charge in [-0.2, -0.15) is 13.2 Å². The van der Waals surface area contributed by atoms with Crippen LogP contribution in [0.25, 0.3) is 0 Å². The van der Waals surface area contributed by atoms with Gasteiger partial charge in [0, 0.05) is 12.0 Å². The van der Waals surface area contributed by atoms with E-state index in [4.69, 9.17) is 14.9 Å². The summed E-state index contributed by atoms with van der Waals surface area (Å²) in [6.45, 7) is 1.43. The number of aliphatic hydroxyl groups excluding tert-OH is 1. The summed E-state index contributed by atoms with van der Waals surface area (Å²) in [4.78, 5) is 21.4. The number of fused-ring (bicyclic) bond motifs is 1. The summed E-state index contributed by atoms with van der Waals surface area (Å²) in [6, 6.07) is 6.55. The van der Waals surface area contributed by atoms with Gasteiger partial charge in [-0.3, -0.25) is 4.79 Å². The van der Waals surface area contributed by atoms with Gasteiger partial charge in [0.2, 0.25) is 0 Å². The quantitative estimate of drug-likeness (QED) is 0.698. The third-order valence-electron chi connectivity index (χ3n) is 4.59. The topological polar surface area (TPSA) is 104 Å². The molecule has 3 rings (SSSR count). The van der Waals surface area contributed by atoms with E-state index in [9.17, 15) is 27.9 Å². The largest absolute Gasteiger partial charge is 0.511 e. The molecule has 0 bridgehead atoms. The number of alkyl halides is 3. The summed E-state index contributed by atoms with van der Waals surface area (Å²) in [5.41, 5.74) is -0.553. The molecule has 2 atom stereocenters. The molecule has 0 fully saturated rings. The summed E-state index contributed by atoms with van der Waals surface area (Å²) in [5.74, 6) is -2.73. The average molecular weight is 400 g/mol. The summed E-state index contributed by atoms with van der Waals surface area (Å²) in [7, 11) is 0. The fourth-order valence-corrected chi connectivity index (χ4v) is 2.89. The number of rotatable bonds is 2. The molecular weight excluding hydrogens is 381 g/mol. The second kappa shape index (κ2) is 8.05. The van der Waals surface area contributed by atoms with Gasteiger partial charge in [0.05, 0.1) is 6.61 Å². The van der Waals surface area contributed by atoms with E-state index >= 15 is 0 Å². The van der Waals surface area contributed by atoms with E-state index in [-0.39, 0.29) is 29.9 Å². The fourth-order valence-electron chi connectivity index (χ4n) is 2.89. The smallest absolute Gasteiger partial charge is 0.418 e. The number of aliphatic carboxylic acids is 2. The van der Waals surface area contributed by atoms with Gasteiger partial charge in [-0.25, -0.2) is 4.79 Å². The molecule has 0 amide bonds. The molecule has 3 N–H and O–H groups in total. The molecular formula is C19H19F3O6. The lowest BCUT2D eigenvalue weighted by atomic mass is 9.78. The molecule has 0 saturated carbocycles. The van der Waals surface area contributed by atoms with Gasteiger partial charge in [-0.15, -0.1) is 0 Å². The molecule has 152 valence electrons. The highest BCUT2D eigenvalue weighted by molar-refractivity contribution is 5.90. The van der Waals surface area contributed by atoms with Gasteiger partial charge < -0.3 is 20.1 Å². The van der Waals surface area contributed by atoms with Crippen molar-refractivity contribution in [2.24, 2.45) is 5.41 Å². The predicted molar refractivity (Wildman–Crippen MR) is 91.7 cm³/mol. The van der Waals surface area contributed by atoms with Crippen LogP contribution in [0.3, 0.4) is 0 Å². The highest BCUT2D eigenvalue weighted by atomic mass is 19.4. The molecule has 6 nitrogen and oxygen atoms in total. The van der Waals surface area contributed by atoms with Gasteiger partial charge in [0.1, 0.15) is 11.2 Å². The number of carboxylic acid groups (broad SMARTS) is 2. The van der Waals surface area contributed by atoms with E-state index in [1.165, 1.54) is 19.1 Å². The Labute approximate surface area is 158 Å². The van der Waals surface area contributed by atoms with Crippen LogP contribution in [0.1, 0.15) is 30.6 Å². The SMILES string of the molecule is CC1(C(=O)O)CC(C(=O)O)=CC=C1O.FC(F)(F)C1OCCc2ccccc21. The Morgan fingerprint density at radius 2 is 1.82 bits per heavy atom. The maximum atomic E-state index is 12.5. The summed E-state index contributed by atoms with van der Waals surface area (Å²) < 4.78 is 42.2. The Hall–Kier alpha value is -2.81. The number of hydrogen-bond donors (Lipinski definition) is 3. The zero-order valence-corrected chi connectivity index (χ0v) is 14.9. The Morgan fingerprint density at radius 3 is 2.39 bits per heavy atom. The zero-order chi connectivity index (χ0) is 21.1. The van der Waals surface area contributed by atoms with Crippen LogP contribution in [0.15, 0.2) is 47.7 Å². The Balaban J connectivity index is 0.000000200. The fraction of sp³-hybridized carbons (Fsp3) is 0.368. The van der Waals surface area contributed by atoms with Crippen molar-refractivity contribution >= 4 is 11.9 Å². The van der Waals surface area contributed by atoms with E-state index in [2.05, 4.69) is 0 Å². The van der Waals surface area contributed by atoms with E-state index in [0.717, 1.165) is 11.6 Å². The number of aliphatic hydroxyl groups is 1. The van der Waals surface area contributed by atoms with Crippen LogP contribution in [0.2, 0.25) is 0 Å². The molecule has 1 aliphatic heterocycles. The molecule has 1 aromatic carbocycles. The highest BCUT2D eigenvalue weighted by Crippen LogP contribution is 2.39. The van der Waals surface area contributed by atoms with Crippen LogP contribution in [0, 0.1) is 5.41 Å². The number of carboxylic acids is 2. The summed E-state index contributed by atoms with van der Waals surface area (Å²) >= 11 is 0. The molecule has 0 aromatic heterocycles. The van der Waals surface area contributed by atoms with E-state index in [1.807, 2.05) is 0 Å². The van der Waals surface area contributed by atoms with Crippen LogP contribution in [0.4, 0.5) is 13.2 Å². The van der Waals surface area contributed by atoms with Gasteiger partial charge in [0.15, 0.2) is 6.10 Å². The van der Waals surface area contributed by atoms with Gasteiger partial charge in [-0.1, -0.05) is 24.3 Å². The first-order valence-corrected chi connectivity index (χ1v) is 8.30. The van der Waals surface area contributed by atoms with Crippen molar-refractivity contribution in [2.75, 3.05) is 6.61 Å². The van der Waals surface area contributed by atoms with Crippen molar-refractivity contribution in [3.05, 3.63) is 58.9 Å². The Morgan fingerprint density at radius 1 is 1.18 bits per heavy atom. The van der Waals surface area contributed by atoms with E-state index < -0.39 is 29.6 Å². The van der Waals surface area contributed by atoms with Crippen molar-refractivity contribution in [3.63, 3.8) is 0 Å². The number of allylic oxidation sites excluding steroid dienone is 2. The van der Waals surface area contributed by atoms with Crippen LogP contribution >= 0.6 is 0 Å². The number of carbonyl (C=O) groups is 2. The maximum absolute atomic E-state index is 12.5. The second-order valence-electron chi connectivity index (χ2n) is 6.60. The van der Waals surface area contributed by atoms with Crippen LogP contribution in [-0.2, 0) is 20.7 Å². The van der Waals surface area contributed by atoms with E-state index in [1.54, 1.807) is 18.2 Å². The molecule has 0 spiro atoms. The predicted octanol–water partition coefficient (Wildman–Crippen LogP) is 3.80. The lowest BCUT2D eigenvalue weighted by molar-refractivity contribution is -0.227. The Bertz CT molecular complexity index is 827. The maximum Gasteiger partial charge on any atom is 0.418 e. The van der Waals surface area contributed by atoms with Crippen molar-refractivity contribution < 1.29 is 42.8 Å². The monoisotopic (exact) mass is 400 g/mol. The van der Waals surface area contributed by atoms with Gasteiger partial charge in [-0.05, 0) is 36.6 Å². The minimum atomic E-state index is -4.31. The first-order chi connectivity index (χ1) is 13.0. The zero-order valence-electron chi connectivity index (χ0n) is 14.9. The minimum Gasteiger partial charge on any atom is -0.511 e. The first-order valence-electron chi connectivity index (χ1n) is 8.30. The van der Waals surface area contributed by atoms with Crippen LogP contribution in [0.5, 0.6) is 0 Å². The molecule has 2 aliphatic rings. The molecule has 28 heavy (non-hydrogen) atoms. The normalized spacial score (nSPS) is 24.1. The Kier molecular flexibility index (Phi) is 6.18.